The van der Waals surface area contributed by atoms with E-state index in [9.17, 15) is 9.59 Å². The first kappa shape index (κ1) is 20.9. The first-order valence-electron chi connectivity index (χ1n) is 9.41. The van der Waals surface area contributed by atoms with Crippen LogP contribution in [-0.2, 0) is 9.59 Å². The Morgan fingerprint density at radius 2 is 1.62 bits per heavy atom. The Morgan fingerprint density at radius 3 is 2.12 bits per heavy atom. The van der Waals surface area contributed by atoms with Gasteiger partial charge < -0.3 is 10.6 Å². The highest BCUT2D eigenvalue weighted by atomic mass is 16.2. The van der Waals surface area contributed by atoms with Gasteiger partial charge in [-0.15, -0.1) is 0 Å². The minimum absolute atomic E-state index is 0.0213. The quantitative estimate of drug-likeness (QED) is 0.714. The van der Waals surface area contributed by atoms with Gasteiger partial charge in [0, 0.05) is 12.1 Å². The summed E-state index contributed by atoms with van der Waals surface area (Å²) in [7, 11) is 1.81. The van der Waals surface area contributed by atoms with Crippen molar-refractivity contribution in [3.8, 4) is 0 Å². The van der Waals surface area contributed by atoms with E-state index in [1.54, 1.807) is 11.9 Å². The molecule has 1 aliphatic rings. The summed E-state index contributed by atoms with van der Waals surface area (Å²) >= 11 is 0. The van der Waals surface area contributed by atoms with Crippen LogP contribution in [0, 0.1) is 11.3 Å². The van der Waals surface area contributed by atoms with Crippen molar-refractivity contribution in [3.05, 3.63) is 0 Å². The number of hydrogen-bond donors (Lipinski definition) is 2. The minimum Gasteiger partial charge on any atom is -0.353 e. The average Bonchev–Trinajstić information content (AvgIpc) is 2.46. The van der Waals surface area contributed by atoms with Crippen molar-refractivity contribution in [1.82, 2.24) is 15.5 Å². The molecule has 1 saturated carbocycles. The maximum absolute atomic E-state index is 12.2. The molecular weight excluding hydrogens is 302 g/mol. The number of nitrogens with zero attached hydrogens (tertiary/aromatic N) is 1. The SMILES string of the molecule is CCC(C)(C)C1CCC(NC(=O)CN(C)CC(=O)NC(C)C)CC1. The number of rotatable bonds is 8. The summed E-state index contributed by atoms with van der Waals surface area (Å²) in [5.74, 6) is 0.744. The van der Waals surface area contributed by atoms with Gasteiger partial charge in [-0.25, -0.2) is 0 Å². The molecule has 0 aromatic carbocycles. The maximum atomic E-state index is 12.2. The van der Waals surface area contributed by atoms with Crippen LogP contribution >= 0.6 is 0 Å². The van der Waals surface area contributed by atoms with E-state index in [-0.39, 0.29) is 30.9 Å². The average molecular weight is 340 g/mol. The van der Waals surface area contributed by atoms with Gasteiger partial charge in [-0.2, -0.15) is 0 Å². The van der Waals surface area contributed by atoms with Crippen LogP contribution in [0.1, 0.15) is 66.7 Å². The van der Waals surface area contributed by atoms with E-state index in [1.807, 2.05) is 13.8 Å². The summed E-state index contributed by atoms with van der Waals surface area (Å²) in [5.41, 5.74) is 0.402. The van der Waals surface area contributed by atoms with E-state index in [0.717, 1.165) is 18.8 Å². The number of hydrogen-bond acceptors (Lipinski definition) is 3. The smallest absolute Gasteiger partial charge is 0.234 e. The summed E-state index contributed by atoms with van der Waals surface area (Å²) in [5, 5.41) is 5.98. The van der Waals surface area contributed by atoms with Crippen molar-refractivity contribution in [3.63, 3.8) is 0 Å². The predicted octanol–water partition coefficient (Wildman–Crippen LogP) is 2.55. The number of carbonyl (C=O) groups is 2. The van der Waals surface area contributed by atoms with Crippen molar-refractivity contribution in [2.75, 3.05) is 20.1 Å². The summed E-state index contributed by atoms with van der Waals surface area (Å²) in [4.78, 5) is 25.6. The third-order valence-corrected chi connectivity index (χ3v) is 5.39. The highest BCUT2D eigenvalue weighted by molar-refractivity contribution is 5.81. The molecule has 0 saturated heterocycles. The Kier molecular flexibility index (Phi) is 8.20. The van der Waals surface area contributed by atoms with Gasteiger partial charge >= 0.3 is 0 Å². The van der Waals surface area contributed by atoms with E-state index in [0.29, 0.717) is 11.5 Å². The molecule has 1 fully saturated rings. The third-order valence-electron chi connectivity index (χ3n) is 5.39. The van der Waals surface area contributed by atoms with Crippen LogP contribution < -0.4 is 10.6 Å². The molecule has 0 unspecified atom stereocenters. The predicted molar refractivity (Wildman–Crippen MR) is 98.7 cm³/mol. The summed E-state index contributed by atoms with van der Waals surface area (Å²) in [6.07, 6.45) is 5.73. The van der Waals surface area contributed by atoms with Crippen LogP contribution in [0.5, 0.6) is 0 Å². The molecule has 2 N–H and O–H groups in total. The van der Waals surface area contributed by atoms with E-state index in [4.69, 9.17) is 0 Å². The number of carbonyl (C=O) groups excluding carboxylic acids is 2. The molecule has 0 aromatic heterocycles. The second-order valence-electron chi connectivity index (χ2n) is 8.35. The zero-order valence-corrected chi connectivity index (χ0v) is 16.4. The van der Waals surface area contributed by atoms with E-state index in [1.165, 1.54) is 19.3 Å². The Bertz CT molecular complexity index is 413. The van der Waals surface area contributed by atoms with Crippen LogP contribution in [0.15, 0.2) is 0 Å². The Balaban J connectivity index is 2.30. The lowest BCUT2D eigenvalue weighted by Gasteiger charge is -2.39. The van der Waals surface area contributed by atoms with Gasteiger partial charge in [0.2, 0.25) is 11.8 Å². The van der Waals surface area contributed by atoms with Crippen LogP contribution in [-0.4, -0.2) is 48.9 Å². The van der Waals surface area contributed by atoms with Crippen molar-refractivity contribution in [2.45, 2.75) is 78.8 Å². The molecule has 0 radical (unpaired) electrons. The Labute approximate surface area is 147 Å². The monoisotopic (exact) mass is 339 g/mol. The zero-order valence-electron chi connectivity index (χ0n) is 16.4. The topological polar surface area (TPSA) is 61.4 Å². The van der Waals surface area contributed by atoms with Gasteiger partial charge in [0.05, 0.1) is 13.1 Å². The van der Waals surface area contributed by atoms with Gasteiger partial charge in [0.25, 0.3) is 0 Å². The molecule has 140 valence electrons. The second kappa shape index (κ2) is 9.40. The fraction of sp³-hybridized carbons (Fsp3) is 0.895. The molecule has 2 amide bonds. The Morgan fingerprint density at radius 1 is 1.08 bits per heavy atom. The van der Waals surface area contributed by atoms with Gasteiger partial charge in [-0.05, 0) is 57.9 Å². The van der Waals surface area contributed by atoms with E-state index >= 15 is 0 Å². The number of nitrogens with one attached hydrogen (secondary N) is 2. The summed E-state index contributed by atoms with van der Waals surface area (Å²) in [6, 6.07) is 0.418. The van der Waals surface area contributed by atoms with Crippen molar-refractivity contribution in [1.29, 1.82) is 0 Å². The molecule has 5 nitrogen and oxygen atoms in total. The van der Waals surface area contributed by atoms with Crippen LogP contribution in [0.3, 0.4) is 0 Å². The molecule has 5 heteroatoms. The molecule has 1 rings (SSSR count). The zero-order chi connectivity index (χ0) is 18.3. The lowest BCUT2D eigenvalue weighted by atomic mass is 9.69. The number of likely N-dealkylation sites (N-methyl/N-ethyl adjacent to an activating group) is 1. The summed E-state index contributed by atoms with van der Waals surface area (Å²) in [6.45, 7) is 11.4. The third kappa shape index (κ3) is 7.20. The van der Waals surface area contributed by atoms with Gasteiger partial charge in [0.15, 0.2) is 0 Å². The molecular formula is C19H37N3O2. The van der Waals surface area contributed by atoms with E-state index < -0.39 is 0 Å². The largest absolute Gasteiger partial charge is 0.353 e. The fourth-order valence-electron chi connectivity index (χ4n) is 3.50. The second-order valence-corrected chi connectivity index (χ2v) is 8.35. The van der Waals surface area contributed by atoms with Gasteiger partial charge in [-0.1, -0.05) is 27.2 Å². The van der Waals surface area contributed by atoms with Gasteiger partial charge in [0.1, 0.15) is 0 Å². The lowest BCUT2D eigenvalue weighted by molar-refractivity contribution is -0.125. The maximum Gasteiger partial charge on any atom is 0.234 e. The minimum atomic E-state index is -0.0393. The van der Waals surface area contributed by atoms with Crippen molar-refractivity contribution >= 4 is 11.8 Å². The first-order valence-corrected chi connectivity index (χ1v) is 9.41. The van der Waals surface area contributed by atoms with Gasteiger partial charge in [-0.3, -0.25) is 14.5 Å². The lowest BCUT2D eigenvalue weighted by Crippen LogP contribution is -2.46. The van der Waals surface area contributed by atoms with Crippen molar-refractivity contribution < 1.29 is 9.59 Å². The molecule has 0 atom stereocenters. The molecule has 0 aromatic rings. The molecule has 0 heterocycles. The standard InChI is InChI=1S/C19H37N3O2/c1-7-19(4,5)15-8-10-16(11-9-15)21-18(24)13-22(6)12-17(23)20-14(2)3/h14-16H,7-13H2,1-6H3,(H,20,23)(H,21,24). The first-order chi connectivity index (χ1) is 11.1. The fourth-order valence-corrected chi connectivity index (χ4v) is 3.50. The molecule has 0 spiro atoms. The van der Waals surface area contributed by atoms with Crippen LogP contribution in [0.4, 0.5) is 0 Å². The number of amides is 2. The highest BCUT2D eigenvalue weighted by Crippen LogP contribution is 2.40. The molecule has 24 heavy (non-hydrogen) atoms. The molecule has 1 aliphatic carbocycles. The molecule has 0 bridgehead atoms. The summed E-state index contributed by atoms with van der Waals surface area (Å²) < 4.78 is 0. The van der Waals surface area contributed by atoms with Crippen LogP contribution in [0.2, 0.25) is 0 Å². The highest BCUT2D eigenvalue weighted by Gasteiger charge is 2.32. The Hall–Kier alpha value is -1.10. The van der Waals surface area contributed by atoms with Crippen molar-refractivity contribution in [2.24, 2.45) is 11.3 Å². The normalized spacial score (nSPS) is 21.8. The van der Waals surface area contributed by atoms with E-state index in [2.05, 4.69) is 31.4 Å². The molecule has 0 aliphatic heterocycles. The van der Waals surface area contributed by atoms with Crippen LogP contribution in [0.25, 0.3) is 0 Å².